The van der Waals surface area contributed by atoms with Crippen molar-refractivity contribution in [3.05, 3.63) is 29.5 Å². The van der Waals surface area contributed by atoms with Crippen molar-refractivity contribution in [2.24, 2.45) is 0 Å². The first-order valence-electron chi connectivity index (χ1n) is 6.60. The molecule has 3 aromatic rings. The summed E-state index contributed by atoms with van der Waals surface area (Å²) in [7, 11) is 0. The second-order valence-corrected chi connectivity index (χ2v) is 5.74. The molecule has 0 aliphatic heterocycles. The second kappa shape index (κ2) is 5.22. The van der Waals surface area contributed by atoms with E-state index in [2.05, 4.69) is 45.6 Å². The summed E-state index contributed by atoms with van der Waals surface area (Å²) < 4.78 is 1.18. The van der Waals surface area contributed by atoms with E-state index >= 15 is 0 Å². The highest BCUT2D eigenvalue weighted by Gasteiger charge is 2.14. The zero-order valence-corrected chi connectivity index (χ0v) is 12.3. The predicted octanol–water partition coefficient (Wildman–Crippen LogP) is 2.69. The second-order valence-electron chi connectivity index (χ2n) is 4.71. The largest absolute Gasteiger partial charge is 0.382 e. The van der Waals surface area contributed by atoms with Gasteiger partial charge < -0.3 is 11.1 Å². The van der Waals surface area contributed by atoms with Crippen LogP contribution in [0.4, 0.5) is 5.82 Å². The Morgan fingerprint density at radius 1 is 1.40 bits per heavy atom. The van der Waals surface area contributed by atoms with Crippen molar-refractivity contribution in [3.63, 3.8) is 0 Å². The molecule has 5 nitrogen and oxygen atoms in total. The van der Waals surface area contributed by atoms with Gasteiger partial charge in [0.1, 0.15) is 5.01 Å². The summed E-state index contributed by atoms with van der Waals surface area (Å²) in [5.41, 5.74) is 10.0. The molecule has 0 saturated carbocycles. The zero-order chi connectivity index (χ0) is 14.1. The number of nitrogens with two attached hydrogens (primary N) is 1. The summed E-state index contributed by atoms with van der Waals surface area (Å²) in [4.78, 5) is 4.66. The van der Waals surface area contributed by atoms with Gasteiger partial charge in [0.15, 0.2) is 5.82 Å². The van der Waals surface area contributed by atoms with Gasteiger partial charge in [-0.1, -0.05) is 13.0 Å². The molecule has 2 aromatic heterocycles. The van der Waals surface area contributed by atoms with Crippen LogP contribution in [0, 0.1) is 6.92 Å². The van der Waals surface area contributed by atoms with Crippen molar-refractivity contribution < 1.29 is 0 Å². The molecule has 0 aliphatic rings. The van der Waals surface area contributed by atoms with Crippen LogP contribution in [0.25, 0.3) is 20.8 Å². The number of rotatable bonds is 4. The minimum absolute atomic E-state index is 0.509. The fraction of sp³-hybridized carbons (Fsp3) is 0.286. The minimum Gasteiger partial charge on any atom is -0.382 e. The highest BCUT2D eigenvalue weighted by atomic mass is 32.1. The van der Waals surface area contributed by atoms with E-state index in [-0.39, 0.29) is 0 Å². The molecule has 2 heterocycles. The first kappa shape index (κ1) is 13.1. The lowest BCUT2D eigenvalue weighted by molar-refractivity contribution is 0.727. The smallest absolute Gasteiger partial charge is 0.155 e. The van der Waals surface area contributed by atoms with E-state index in [4.69, 9.17) is 5.73 Å². The van der Waals surface area contributed by atoms with E-state index in [1.165, 1.54) is 10.3 Å². The van der Waals surface area contributed by atoms with Gasteiger partial charge in [-0.2, -0.15) is 5.10 Å². The van der Waals surface area contributed by atoms with Crippen molar-refractivity contribution in [1.29, 1.82) is 0 Å². The number of thiazole rings is 1. The van der Waals surface area contributed by atoms with Crippen LogP contribution in [0.5, 0.6) is 0 Å². The average Bonchev–Trinajstić information content (AvgIpc) is 2.99. The standard InChI is InChI=1S/C14H17N5S/c1-3-16-7-9-4-5-10-11(6-9)20-14(17-10)12-8(2)18-19-13(12)15/h4-6,16H,3,7H2,1-2H3,(H3,15,18,19). The Balaban J connectivity index is 2.02. The van der Waals surface area contributed by atoms with Crippen LogP contribution in [0.15, 0.2) is 18.2 Å². The van der Waals surface area contributed by atoms with E-state index < -0.39 is 0 Å². The van der Waals surface area contributed by atoms with Crippen LogP contribution in [-0.4, -0.2) is 21.7 Å². The lowest BCUT2D eigenvalue weighted by atomic mass is 10.2. The van der Waals surface area contributed by atoms with Crippen LogP contribution < -0.4 is 11.1 Å². The number of hydrogen-bond donors (Lipinski definition) is 3. The molecule has 0 amide bonds. The molecule has 0 fully saturated rings. The SMILES string of the molecule is CCNCc1ccc2nc(-c3c(N)n[nH]c3C)sc2c1. The van der Waals surface area contributed by atoms with Crippen LogP contribution in [-0.2, 0) is 6.54 Å². The fourth-order valence-electron chi connectivity index (χ4n) is 2.17. The number of aromatic amines is 1. The van der Waals surface area contributed by atoms with Crippen molar-refractivity contribution in [2.75, 3.05) is 12.3 Å². The van der Waals surface area contributed by atoms with Gasteiger partial charge in [0.2, 0.25) is 0 Å². The summed E-state index contributed by atoms with van der Waals surface area (Å²) in [5, 5.41) is 11.2. The van der Waals surface area contributed by atoms with Crippen molar-refractivity contribution in [2.45, 2.75) is 20.4 Å². The molecule has 0 saturated heterocycles. The zero-order valence-electron chi connectivity index (χ0n) is 11.5. The highest BCUT2D eigenvalue weighted by molar-refractivity contribution is 7.21. The maximum absolute atomic E-state index is 5.91. The summed E-state index contributed by atoms with van der Waals surface area (Å²) in [6, 6.07) is 6.36. The predicted molar refractivity (Wildman–Crippen MR) is 83.7 cm³/mol. The van der Waals surface area contributed by atoms with Crippen LogP contribution >= 0.6 is 11.3 Å². The van der Waals surface area contributed by atoms with E-state index in [0.717, 1.165) is 34.9 Å². The van der Waals surface area contributed by atoms with Crippen molar-refractivity contribution in [1.82, 2.24) is 20.5 Å². The molecule has 0 aliphatic carbocycles. The van der Waals surface area contributed by atoms with E-state index in [0.29, 0.717) is 5.82 Å². The Kier molecular flexibility index (Phi) is 3.42. The molecule has 3 rings (SSSR count). The number of hydrogen-bond acceptors (Lipinski definition) is 5. The number of nitrogens with zero attached hydrogens (tertiary/aromatic N) is 2. The molecule has 1 aromatic carbocycles. The number of benzene rings is 1. The number of fused-ring (bicyclic) bond motifs is 1. The topological polar surface area (TPSA) is 79.6 Å². The number of aryl methyl sites for hydroxylation is 1. The summed E-state index contributed by atoms with van der Waals surface area (Å²) in [5.74, 6) is 0.509. The molecule has 6 heteroatoms. The number of nitrogen functional groups attached to an aromatic ring is 1. The molecular weight excluding hydrogens is 270 g/mol. The van der Waals surface area contributed by atoms with E-state index in [9.17, 15) is 0 Å². The van der Waals surface area contributed by atoms with Crippen molar-refractivity contribution >= 4 is 27.4 Å². The Morgan fingerprint density at radius 2 is 2.25 bits per heavy atom. The third-order valence-corrected chi connectivity index (χ3v) is 4.26. The van der Waals surface area contributed by atoms with Gasteiger partial charge in [-0.25, -0.2) is 4.98 Å². The van der Waals surface area contributed by atoms with Crippen molar-refractivity contribution in [3.8, 4) is 10.6 Å². The van der Waals surface area contributed by atoms with Gasteiger partial charge >= 0.3 is 0 Å². The molecule has 104 valence electrons. The molecular formula is C14H17N5S. The lowest BCUT2D eigenvalue weighted by Gasteiger charge is -2.00. The number of anilines is 1. The summed E-state index contributed by atoms with van der Waals surface area (Å²) >= 11 is 1.65. The Labute approximate surface area is 121 Å². The first-order chi connectivity index (χ1) is 9.69. The third-order valence-electron chi connectivity index (χ3n) is 3.22. The molecule has 0 spiro atoms. The Bertz CT molecular complexity index is 724. The molecule has 0 bridgehead atoms. The van der Waals surface area contributed by atoms with Crippen LogP contribution in [0.3, 0.4) is 0 Å². The Hall–Kier alpha value is -1.92. The van der Waals surface area contributed by atoms with Crippen LogP contribution in [0.2, 0.25) is 0 Å². The van der Waals surface area contributed by atoms with E-state index in [1.807, 2.05) is 6.92 Å². The molecule has 0 unspecified atom stereocenters. The molecule has 4 N–H and O–H groups in total. The van der Waals surface area contributed by atoms with Gasteiger partial charge in [-0.3, -0.25) is 5.10 Å². The van der Waals surface area contributed by atoms with Gasteiger partial charge in [0, 0.05) is 12.2 Å². The van der Waals surface area contributed by atoms with E-state index in [1.54, 1.807) is 11.3 Å². The van der Waals surface area contributed by atoms with Gasteiger partial charge in [-0.05, 0) is 31.2 Å². The molecule has 0 atom stereocenters. The summed E-state index contributed by atoms with van der Waals surface area (Å²) in [6.07, 6.45) is 0. The van der Waals surface area contributed by atoms with Gasteiger partial charge in [0.25, 0.3) is 0 Å². The normalized spacial score (nSPS) is 11.3. The number of H-pyrrole nitrogens is 1. The maximum atomic E-state index is 5.91. The number of nitrogens with one attached hydrogen (secondary N) is 2. The molecule has 20 heavy (non-hydrogen) atoms. The van der Waals surface area contributed by atoms with Gasteiger partial charge in [-0.15, -0.1) is 11.3 Å². The highest BCUT2D eigenvalue weighted by Crippen LogP contribution is 2.34. The average molecular weight is 287 g/mol. The quantitative estimate of drug-likeness (QED) is 0.689. The molecule has 0 radical (unpaired) electrons. The van der Waals surface area contributed by atoms with Gasteiger partial charge in [0.05, 0.1) is 15.8 Å². The lowest BCUT2D eigenvalue weighted by Crippen LogP contribution is -2.11. The summed E-state index contributed by atoms with van der Waals surface area (Å²) in [6.45, 7) is 5.92. The third kappa shape index (κ3) is 2.28. The fourth-order valence-corrected chi connectivity index (χ4v) is 3.31. The van der Waals surface area contributed by atoms with Crippen LogP contribution in [0.1, 0.15) is 18.2 Å². The number of aromatic nitrogens is 3. The Morgan fingerprint density at radius 3 is 2.95 bits per heavy atom. The first-order valence-corrected chi connectivity index (χ1v) is 7.41. The minimum atomic E-state index is 0.509. The maximum Gasteiger partial charge on any atom is 0.155 e. The monoisotopic (exact) mass is 287 g/mol.